The summed E-state index contributed by atoms with van der Waals surface area (Å²) in [6.07, 6.45) is 6.47. The predicted octanol–water partition coefficient (Wildman–Crippen LogP) is 2.78. The number of unbranched alkanes of at least 4 members (excludes halogenated alkanes) is 3. The predicted molar refractivity (Wildman–Crippen MR) is 157 cm³/mol. The Morgan fingerprint density at radius 3 is 2.33 bits per heavy atom. The second kappa shape index (κ2) is 14.8. The number of rotatable bonds is 18. The van der Waals surface area contributed by atoms with Crippen LogP contribution in [0.5, 0.6) is 0 Å². The molecule has 13 heteroatoms. The molecule has 0 aromatic rings. The Morgan fingerprint density at radius 1 is 1.18 bits per heavy atom. The monoisotopic (exact) mass is 682 g/mol. The number of hydrogen-bond acceptors (Lipinski definition) is 7. The van der Waals surface area contributed by atoms with E-state index < -0.39 is 54.9 Å². The first kappa shape index (κ1) is 33.5. The van der Waals surface area contributed by atoms with Gasteiger partial charge in [0.1, 0.15) is 18.4 Å². The summed E-state index contributed by atoms with van der Waals surface area (Å²) in [6, 6.07) is -2.04. The molecule has 0 aromatic carbocycles. The Kier molecular flexibility index (Phi) is 12.7. The van der Waals surface area contributed by atoms with Gasteiger partial charge in [0.15, 0.2) is 4.05 Å². The van der Waals surface area contributed by atoms with E-state index in [4.69, 9.17) is 4.74 Å². The number of sulfonamides is 1. The number of nitrogens with zero attached hydrogens (tertiary/aromatic N) is 1. The van der Waals surface area contributed by atoms with Crippen LogP contribution in [0.25, 0.3) is 0 Å². The van der Waals surface area contributed by atoms with Crippen molar-refractivity contribution in [3.05, 3.63) is 12.7 Å². The van der Waals surface area contributed by atoms with Crippen LogP contribution in [0.4, 0.5) is 4.79 Å². The second-order valence-corrected chi connectivity index (χ2v) is 13.7. The van der Waals surface area contributed by atoms with Crippen molar-refractivity contribution in [2.45, 2.75) is 112 Å². The molecule has 3 amide bonds. The van der Waals surface area contributed by atoms with E-state index in [1.807, 2.05) is 22.6 Å². The summed E-state index contributed by atoms with van der Waals surface area (Å²) in [7, 11) is -3.69. The highest BCUT2D eigenvalue weighted by Crippen LogP contribution is 2.47. The first-order valence-electron chi connectivity index (χ1n) is 13.7. The van der Waals surface area contributed by atoms with Gasteiger partial charge < -0.3 is 25.1 Å². The Labute approximate surface area is 245 Å². The lowest BCUT2D eigenvalue weighted by Crippen LogP contribution is -2.60. The molecule has 0 aromatic heterocycles. The molecular weight excluding hydrogens is 639 g/mol. The number of aldehydes is 1. The second-order valence-electron chi connectivity index (χ2n) is 10.5. The summed E-state index contributed by atoms with van der Waals surface area (Å²) in [4.78, 5) is 52.7. The quantitative estimate of drug-likeness (QED) is 0.0503. The van der Waals surface area contributed by atoms with Gasteiger partial charge in [-0.2, -0.15) is 0 Å². The van der Waals surface area contributed by atoms with Crippen LogP contribution in [-0.4, -0.2) is 77.1 Å². The molecule has 0 radical (unpaired) electrons. The molecule has 3 N–H and O–H groups in total. The zero-order valence-electron chi connectivity index (χ0n) is 23.3. The van der Waals surface area contributed by atoms with Gasteiger partial charge in [0.05, 0.1) is 16.9 Å². The number of carbonyl (C=O) groups excluding carboxylic acids is 4. The number of likely N-dealkylation sites (N-methyl/N-ethyl adjacent to an activating group) is 1. The zero-order valence-corrected chi connectivity index (χ0v) is 26.3. The summed E-state index contributed by atoms with van der Waals surface area (Å²) in [5.74, 6) is -1.27. The maximum absolute atomic E-state index is 13.6. The standard InChI is InChI=1S/C26H43IN4O7S/c1-6-9-10-11-12-20(28-25(35)38-17(4)5)24(34)31(8-3)22(27)23(33)29-26(15-18(26)7-2)21(16-32)30-39(36,37)19-13-14-19/h7,16-22,30H,2,6,8-15H2,1,3-5H3,(H,28,35)(H,29,33)/t18-,20+,21?,22-,26-/m1/s1. The number of amides is 3. The minimum absolute atomic E-state index is 0.190. The normalized spacial score (nSPS) is 22.8. The van der Waals surface area contributed by atoms with Crippen LogP contribution in [0.2, 0.25) is 0 Å². The average molecular weight is 683 g/mol. The fourth-order valence-corrected chi connectivity index (χ4v) is 6.96. The van der Waals surface area contributed by atoms with Crippen LogP contribution in [0.15, 0.2) is 12.7 Å². The van der Waals surface area contributed by atoms with Crippen molar-refractivity contribution < 1.29 is 32.3 Å². The average Bonchev–Trinajstić information content (AvgIpc) is 3.79. The minimum Gasteiger partial charge on any atom is -0.447 e. The molecule has 222 valence electrons. The van der Waals surface area contributed by atoms with Crippen molar-refractivity contribution in [1.29, 1.82) is 0 Å². The molecule has 11 nitrogen and oxygen atoms in total. The summed E-state index contributed by atoms with van der Waals surface area (Å²) >= 11 is 1.85. The summed E-state index contributed by atoms with van der Waals surface area (Å²) in [5.41, 5.74) is -1.16. The molecule has 39 heavy (non-hydrogen) atoms. The van der Waals surface area contributed by atoms with E-state index in [1.165, 1.54) is 4.90 Å². The number of alkyl carbamates (subject to hydrolysis) is 1. The Bertz CT molecular complexity index is 1000. The van der Waals surface area contributed by atoms with Crippen molar-refractivity contribution in [1.82, 2.24) is 20.3 Å². The van der Waals surface area contributed by atoms with E-state index in [1.54, 1.807) is 26.8 Å². The Morgan fingerprint density at radius 2 is 1.85 bits per heavy atom. The van der Waals surface area contributed by atoms with E-state index in [0.29, 0.717) is 38.4 Å². The number of nitrogens with one attached hydrogen (secondary N) is 3. The first-order valence-corrected chi connectivity index (χ1v) is 16.5. The van der Waals surface area contributed by atoms with Crippen molar-refractivity contribution in [2.75, 3.05) is 6.54 Å². The smallest absolute Gasteiger partial charge is 0.408 e. The zero-order chi connectivity index (χ0) is 29.4. The maximum atomic E-state index is 13.6. The number of alkyl halides is 1. The lowest BCUT2D eigenvalue weighted by molar-refractivity contribution is -0.138. The van der Waals surface area contributed by atoms with Gasteiger partial charge in [0.2, 0.25) is 15.9 Å². The van der Waals surface area contributed by atoms with Crippen molar-refractivity contribution in [3.8, 4) is 0 Å². The molecule has 5 atom stereocenters. The lowest BCUT2D eigenvalue weighted by atomic mass is 10.0. The van der Waals surface area contributed by atoms with Gasteiger partial charge in [0, 0.05) is 12.5 Å². The summed E-state index contributed by atoms with van der Waals surface area (Å²) < 4.78 is 31.8. The SMILES string of the molecule is C=C[C@@H]1C[C@]1(NC(=O)[C@H](I)N(CC)C(=O)[C@H](CCCCCC)NC(=O)OC(C)C)C(C=O)NS(=O)(=O)C1CC1. The van der Waals surface area contributed by atoms with E-state index in [-0.39, 0.29) is 18.6 Å². The van der Waals surface area contributed by atoms with Crippen LogP contribution >= 0.6 is 22.6 Å². The molecule has 2 fully saturated rings. The minimum atomic E-state index is -3.69. The van der Waals surface area contributed by atoms with E-state index >= 15 is 0 Å². The van der Waals surface area contributed by atoms with Gasteiger partial charge in [-0.05, 0) is 69.0 Å². The van der Waals surface area contributed by atoms with Gasteiger partial charge in [-0.1, -0.05) is 38.7 Å². The number of hydrogen-bond donors (Lipinski definition) is 3. The van der Waals surface area contributed by atoms with Crippen LogP contribution in [0, 0.1) is 5.92 Å². The molecule has 2 rings (SSSR count). The van der Waals surface area contributed by atoms with E-state index in [0.717, 1.165) is 19.3 Å². The van der Waals surface area contributed by atoms with Crippen molar-refractivity contribution in [3.63, 3.8) is 0 Å². The lowest BCUT2D eigenvalue weighted by Gasteiger charge is -2.32. The van der Waals surface area contributed by atoms with E-state index in [9.17, 15) is 27.6 Å². The van der Waals surface area contributed by atoms with Crippen LogP contribution in [-0.2, 0) is 29.1 Å². The summed E-state index contributed by atoms with van der Waals surface area (Å²) in [6.45, 7) is 11.2. The fraction of sp³-hybridized carbons (Fsp3) is 0.769. The molecule has 0 bridgehead atoms. The number of carbonyl (C=O) groups is 4. The Balaban J connectivity index is 2.18. The van der Waals surface area contributed by atoms with Crippen molar-refractivity contribution in [2.24, 2.45) is 5.92 Å². The number of halogens is 1. The van der Waals surface area contributed by atoms with Gasteiger partial charge in [-0.25, -0.2) is 17.9 Å². The topological polar surface area (TPSA) is 151 Å². The molecule has 2 saturated carbocycles. The van der Waals surface area contributed by atoms with Gasteiger partial charge in [0.25, 0.3) is 5.91 Å². The highest BCUT2D eigenvalue weighted by Gasteiger charge is 2.60. The molecule has 0 aliphatic heterocycles. The van der Waals surface area contributed by atoms with Crippen LogP contribution in [0.3, 0.4) is 0 Å². The van der Waals surface area contributed by atoms with E-state index in [2.05, 4.69) is 28.9 Å². The van der Waals surface area contributed by atoms with Crippen LogP contribution < -0.4 is 15.4 Å². The molecular formula is C26H43IN4O7S. The van der Waals surface area contributed by atoms with Gasteiger partial charge >= 0.3 is 6.09 Å². The first-order chi connectivity index (χ1) is 18.4. The number of ether oxygens (including phenoxy) is 1. The largest absolute Gasteiger partial charge is 0.447 e. The fourth-order valence-electron chi connectivity index (χ4n) is 4.57. The molecule has 2 aliphatic carbocycles. The molecule has 0 heterocycles. The van der Waals surface area contributed by atoms with Gasteiger partial charge in [-0.3, -0.25) is 9.59 Å². The van der Waals surface area contributed by atoms with Gasteiger partial charge in [-0.15, -0.1) is 6.58 Å². The molecule has 1 unspecified atom stereocenters. The van der Waals surface area contributed by atoms with Crippen molar-refractivity contribution >= 4 is 56.8 Å². The highest BCUT2D eigenvalue weighted by molar-refractivity contribution is 14.1. The highest BCUT2D eigenvalue weighted by atomic mass is 127. The molecule has 0 saturated heterocycles. The molecule has 0 spiro atoms. The summed E-state index contributed by atoms with van der Waals surface area (Å²) in [5, 5.41) is 4.99. The Hall–Kier alpha value is -1.74. The molecule has 2 aliphatic rings. The third-order valence-electron chi connectivity index (χ3n) is 7.04. The third-order valence-corrected chi connectivity index (χ3v) is 10.2. The van der Waals surface area contributed by atoms with Crippen LogP contribution in [0.1, 0.15) is 79.1 Å². The maximum Gasteiger partial charge on any atom is 0.408 e. The third kappa shape index (κ3) is 9.13.